The monoisotopic (exact) mass is 512 g/mol. The van der Waals surface area contributed by atoms with Gasteiger partial charge in [-0.2, -0.15) is 5.10 Å². The molecule has 1 N–H and O–H groups in total. The van der Waals surface area contributed by atoms with Gasteiger partial charge < -0.3 is 0 Å². The van der Waals surface area contributed by atoms with Gasteiger partial charge in [-0.3, -0.25) is 15.1 Å². The third-order valence-electron chi connectivity index (χ3n) is 9.77. The minimum absolute atomic E-state index is 0.135. The van der Waals surface area contributed by atoms with Crippen LogP contribution in [-0.4, -0.2) is 28.2 Å². The van der Waals surface area contributed by atoms with Crippen LogP contribution >= 0.6 is 0 Å². The highest BCUT2D eigenvalue weighted by molar-refractivity contribution is 7.19. The first-order valence-corrected chi connectivity index (χ1v) is 15.6. The molecular weight excluding hydrogens is 480 g/mol. The maximum Gasteiger partial charge on any atom is 0.223 e. The summed E-state index contributed by atoms with van der Waals surface area (Å²) in [6.07, 6.45) is 4.33. The summed E-state index contributed by atoms with van der Waals surface area (Å²) in [6.45, 7) is 7.26. The number of aromatic amines is 1. The number of hydrogen-bond donors (Lipinski definition) is 1. The zero-order chi connectivity index (χ0) is 26.0. The molecule has 2 atom stereocenters. The minimum Gasteiger partial charge on any atom is -0.281 e. The summed E-state index contributed by atoms with van der Waals surface area (Å²) < 4.78 is 0. The third-order valence-corrected chi connectivity index (χ3v) is 14.3. The first-order valence-electron chi connectivity index (χ1n) is 13.6. The molecular formula is C33H32N4Si. The van der Waals surface area contributed by atoms with E-state index in [2.05, 4.69) is 117 Å². The van der Waals surface area contributed by atoms with Crippen molar-refractivity contribution in [2.45, 2.75) is 44.9 Å². The Morgan fingerprint density at radius 3 is 2.08 bits per heavy atom. The number of pyridine rings is 2. The van der Waals surface area contributed by atoms with Gasteiger partial charge in [0.1, 0.15) is 5.69 Å². The van der Waals surface area contributed by atoms with E-state index in [0.717, 1.165) is 22.0 Å². The van der Waals surface area contributed by atoms with Crippen molar-refractivity contribution in [3.63, 3.8) is 0 Å². The second kappa shape index (κ2) is 8.33. The van der Waals surface area contributed by atoms with E-state index in [0.29, 0.717) is 5.92 Å². The number of hydrogen-bond acceptors (Lipinski definition) is 3. The first kappa shape index (κ1) is 23.3. The molecule has 2 bridgehead atoms. The largest absolute Gasteiger partial charge is 0.281 e. The van der Waals surface area contributed by atoms with Crippen molar-refractivity contribution >= 4 is 29.1 Å². The molecule has 3 aromatic heterocycles. The Bertz CT molecular complexity index is 1510. The van der Waals surface area contributed by atoms with E-state index in [9.17, 15) is 0 Å². The summed E-state index contributed by atoms with van der Waals surface area (Å²) >= 11 is 0. The van der Waals surface area contributed by atoms with Crippen molar-refractivity contribution in [1.82, 2.24) is 20.2 Å². The second-order valence-corrected chi connectivity index (χ2v) is 15.3. The predicted molar refractivity (Wildman–Crippen MR) is 156 cm³/mol. The van der Waals surface area contributed by atoms with E-state index < -0.39 is 8.07 Å². The highest BCUT2D eigenvalue weighted by Gasteiger charge is 2.61. The van der Waals surface area contributed by atoms with Gasteiger partial charge in [0.2, 0.25) is 8.07 Å². The molecule has 0 amide bonds. The lowest BCUT2D eigenvalue weighted by atomic mass is 9.70. The zero-order valence-corrected chi connectivity index (χ0v) is 23.1. The van der Waals surface area contributed by atoms with Crippen molar-refractivity contribution in [3.8, 4) is 11.4 Å². The number of H-pyrrole nitrogens is 1. The lowest BCUT2D eigenvalue weighted by molar-refractivity contribution is 0.225. The molecule has 5 heteroatoms. The van der Waals surface area contributed by atoms with Crippen LogP contribution in [0.2, 0.25) is 0 Å². The molecule has 0 radical (unpaired) electrons. The van der Waals surface area contributed by atoms with Gasteiger partial charge in [-0.25, -0.2) is 0 Å². The van der Waals surface area contributed by atoms with E-state index in [1.54, 1.807) is 0 Å². The fourth-order valence-corrected chi connectivity index (χ4v) is 11.8. The molecule has 7 rings (SSSR count). The van der Waals surface area contributed by atoms with Crippen molar-refractivity contribution in [1.29, 1.82) is 0 Å². The molecule has 0 aliphatic heterocycles. The number of rotatable bonds is 5. The lowest BCUT2D eigenvalue weighted by Crippen LogP contribution is -2.76. The van der Waals surface area contributed by atoms with Gasteiger partial charge in [0.05, 0.1) is 5.69 Å². The number of benzene rings is 2. The summed E-state index contributed by atoms with van der Waals surface area (Å²) in [5, 5.41) is 13.1. The van der Waals surface area contributed by atoms with Crippen molar-refractivity contribution < 1.29 is 0 Å². The van der Waals surface area contributed by atoms with Crippen LogP contribution in [-0.2, 0) is 5.41 Å². The van der Waals surface area contributed by atoms with E-state index in [1.165, 1.54) is 34.5 Å². The van der Waals surface area contributed by atoms with E-state index >= 15 is 0 Å². The van der Waals surface area contributed by atoms with Crippen LogP contribution in [0.25, 0.3) is 11.4 Å². The number of nitrogens with one attached hydrogen (secondary N) is 1. The number of nitrogens with zero attached hydrogens (tertiary/aromatic N) is 3. The van der Waals surface area contributed by atoms with Gasteiger partial charge in [0.15, 0.2) is 0 Å². The topological polar surface area (TPSA) is 54.5 Å². The Morgan fingerprint density at radius 1 is 0.763 bits per heavy atom. The van der Waals surface area contributed by atoms with Gasteiger partial charge in [-0.1, -0.05) is 93.6 Å². The zero-order valence-electron chi connectivity index (χ0n) is 22.1. The molecule has 0 spiro atoms. The van der Waals surface area contributed by atoms with E-state index in [4.69, 9.17) is 15.1 Å². The quantitative estimate of drug-likeness (QED) is 0.355. The minimum atomic E-state index is -2.79. The maximum absolute atomic E-state index is 5.49. The fourth-order valence-electron chi connectivity index (χ4n) is 7.38. The summed E-state index contributed by atoms with van der Waals surface area (Å²) in [5.41, 5.74) is 5.03. The van der Waals surface area contributed by atoms with Crippen LogP contribution in [0.5, 0.6) is 0 Å². The van der Waals surface area contributed by atoms with Crippen LogP contribution in [0.3, 0.4) is 0 Å². The third kappa shape index (κ3) is 2.99. The standard InChI is InChI=1S/C33H32N4Si/c1-32(2)25-20-21-33(32,3)31-29(25)30(36-37-31)26-17-12-19-28(35-26)38(23-13-6-4-7-14-23,24-15-8-5-9-16-24)27-18-10-11-22-34-27/h4-19,22,25H,20-21H2,1-3H3,(H,36,37). The molecule has 2 aliphatic rings. The van der Waals surface area contributed by atoms with Crippen molar-refractivity contribution in [2.24, 2.45) is 5.41 Å². The van der Waals surface area contributed by atoms with Crippen LogP contribution in [0.4, 0.5) is 0 Å². The van der Waals surface area contributed by atoms with E-state index in [-0.39, 0.29) is 10.8 Å². The Morgan fingerprint density at radius 2 is 1.42 bits per heavy atom. The summed E-state index contributed by atoms with van der Waals surface area (Å²) in [5.74, 6) is 0.503. The highest BCUT2D eigenvalue weighted by atomic mass is 28.3. The van der Waals surface area contributed by atoms with Crippen LogP contribution in [0.15, 0.2) is 103 Å². The van der Waals surface area contributed by atoms with E-state index in [1.807, 2.05) is 12.3 Å². The van der Waals surface area contributed by atoms with Crippen LogP contribution < -0.4 is 21.0 Å². The molecule has 2 unspecified atom stereocenters. The Labute approximate surface area is 225 Å². The van der Waals surface area contributed by atoms with Gasteiger partial charge in [0.25, 0.3) is 0 Å². The molecule has 2 aromatic carbocycles. The average Bonchev–Trinajstić information content (AvgIpc) is 3.55. The maximum atomic E-state index is 5.49. The van der Waals surface area contributed by atoms with Gasteiger partial charge in [-0.15, -0.1) is 0 Å². The molecule has 5 aromatic rings. The van der Waals surface area contributed by atoms with Crippen LogP contribution in [0, 0.1) is 5.41 Å². The molecule has 1 fully saturated rings. The normalized spacial score (nSPS) is 21.4. The van der Waals surface area contributed by atoms with Gasteiger partial charge >= 0.3 is 0 Å². The molecule has 4 nitrogen and oxygen atoms in total. The summed E-state index contributed by atoms with van der Waals surface area (Å²) in [4.78, 5) is 10.5. The van der Waals surface area contributed by atoms with Crippen molar-refractivity contribution in [2.75, 3.05) is 0 Å². The van der Waals surface area contributed by atoms with Crippen LogP contribution in [0.1, 0.15) is 50.8 Å². The molecule has 1 saturated carbocycles. The Balaban J connectivity index is 1.49. The summed E-state index contributed by atoms with van der Waals surface area (Å²) in [6, 6.07) is 34.4. The Kier molecular flexibility index (Phi) is 5.11. The Hall–Kier alpha value is -3.83. The summed E-state index contributed by atoms with van der Waals surface area (Å²) in [7, 11) is -2.79. The SMILES string of the molecule is CC12CCC(c3c(-c4cccc([Si](c5ccccc5)(c5ccccc5)c5ccccn5)n4)n[nH]c31)C2(C)C. The molecule has 38 heavy (non-hydrogen) atoms. The van der Waals surface area contributed by atoms with Gasteiger partial charge in [0, 0.05) is 33.5 Å². The number of fused-ring (bicyclic) bond motifs is 5. The smallest absolute Gasteiger partial charge is 0.223 e. The first-order chi connectivity index (χ1) is 18.5. The molecule has 188 valence electrons. The fraction of sp³-hybridized carbons (Fsp3) is 0.242. The second-order valence-electron chi connectivity index (χ2n) is 11.6. The molecule has 3 heterocycles. The number of aromatic nitrogens is 4. The van der Waals surface area contributed by atoms with Crippen molar-refractivity contribution in [3.05, 3.63) is 115 Å². The predicted octanol–water partition coefficient (Wildman–Crippen LogP) is 4.42. The average molecular weight is 513 g/mol. The lowest BCUT2D eigenvalue weighted by Gasteiger charge is -2.34. The highest BCUT2D eigenvalue weighted by Crippen LogP contribution is 2.68. The molecule has 0 saturated heterocycles. The van der Waals surface area contributed by atoms with Gasteiger partial charge in [-0.05, 0) is 58.8 Å². The molecule has 2 aliphatic carbocycles.